The minimum Gasteiger partial charge on any atom is -0.458 e. The Morgan fingerprint density at radius 3 is 3.05 bits per heavy atom. The minimum absolute atomic E-state index is 0.00338. The third-order valence-corrected chi connectivity index (χ3v) is 5.70. The lowest BCUT2D eigenvalue weighted by atomic mass is 9.56. The molecule has 4 heteroatoms. The van der Waals surface area contributed by atoms with Crippen molar-refractivity contribution in [3.63, 3.8) is 0 Å². The van der Waals surface area contributed by atoms with Gasteiger partial charge in [0.1, 0.15) is 11.8 Å². The number of ether oxygens (including phenoxy) is 1. The Bertz CT molecular complexity index is 602. The van der Waals surface area contributed by atoms with E-state index in [2.05, 4.69) is 34.9 Å². The largest absolute Gasteiger partial charge is 0.458 e. The molecule has 4 fully saturated rings. The van der Waals surface area contributed by atoms with Gasteiger partial charge >= 0.3 is 5.97 Å². The molecule has 6 rings (SSSR count). The van der Waals surface area contributed by atoms with Crippen molar-refractivity contribution in [2.45, 2.75) is 36.4 Å². The molecular weight excluding hydrogens is 240 g/mol. The summed E-state index contributed by atoms with van der Waals surface area (Å²) in [6, 6.07) is 8.44. The standard InChI is InChI=1S/C15H16N2O2/c18-13-10-5-6-12(19-13)15-14(10,7-8-16-15)9-3-1-2-4-11(9)17-15/h1-4,10,12,16-17H,5-8H2/t10?,12?,14-,15+/m1/s1. The summed E-state index contributed by atoms with van der Waals surface area (Å²) in [5.41, 5.74) is 2.13. The van der Waals surface area contributed by atoms with Crippen LogP contribution in [-0.2, 0) is 14.9 Å². The Balaban J connectivity index is 1.84. The van der Waals surface area contributed by atoms with E-state index in [0.29, 0.717) is 0 Å². The van der Waals surface area contributed by atoms with Gasteiger partial charge in [0.05, 0.1) is 11.3 Å². The van der Waals surface area contributed by atoms with Crippen molar-refractivity contribution >= 4 is 11.7 Å². The number of benzene rings is 1. The molecule has 4 heterocycles. The number of fused-ring (bicyclic) bond motifs is 3. The molecule has 98 valence electrons. The molecule has 1 aromatic carbocycles. The number of rotatable bonds is 0. The highest BCUT2D eigenvalue weighted by Gasteiger charge is 2.74. The zero-order valence-corrected chi connectivity index (χ0v) is 10.6. The molecule has 5 aliphatic rings. The van der Waals surface area contributed by atoms with E-state index in [9.17, 15) is 4.79 Å². The molecule has 3 saturated heterocycles. The summed E-state index contributed by atoms with van der Waals surface area (Å²) in [4.78, 5) is 12.3. The van der Waals surface area contributed by atoms with Crippen LogP contribution in [0, 0.1) is 5.92 Å². The highest BCUT2D eigenvalue weighted by atomic mass is 16.6. The maximum absolute atomic E-state index is 12.3. The van der Waals surface area contributed by atoms with E-state index in [1.54, 1.807) is 0 Å². The molecule has 0 aromatic heterocycles. The van der Waals surface area contributed by atoms with Crippen molar-refractivity contribution in [1.82, 2.24) is 5.32 Å². The van der Waals surface area contributed by atoms with Crippen molar-refractivity contribution in [3.05, 3.63) is 29.8 Å². The summed E-state index contributed by atoms with van der Waals surface area (Å²) in [5, 5.41) is 7.30. The second-order valence-corrected chi connectivity index (χ2v) is 6.18. The van der Waals surface area contributed by atoms with Crippen LogP contribution >= 0.6 is 0 Å². The molecule has 0 amide bonds. The molecule has 2 bridgehead atoms. The maximum Gasteiger partial charge on any atom is 0.310 e. The smallest absolute Gasteiger partial charge is 0.310 e. The van der Waals surface area contributed by atoms with Gasteiger partial charge in [0.15, 0.2) is 0 Å². The first-order chi connectivity index (χ1) is 9.28. The first-order valence-corrected chi connectivity index (χ1v) is 7.11. The fourth-order valence-electron chi connectivity index (χ4n) is 5.10. The fraction of sp³-hybridized carbons (Fsp3) is 0.533. The Morgan fingerprint density at radius 2 is 2.16 bits per heavy atom. The van der Waals surface area contributed by atoms with E-state index in [4.69, 9.17) is 4.74 Å². The lowest BCUT2D eigenvalue weighted by Gasteiger charge is -2.56. The SMILES string of the molecule is O=C1OC2CCC1[C@]13CCN[C@]21Nc1ccccc13. The van der Waals surface area contributed by atoms with Crippen LogP contribution in [-0.4, -0.2) is 24.3 Å². The van der Waals surface area contributed by atoms with Gasteiger partial charge in [-0.05, 0) is 37.4 Å². The first-order valence-electron chi connectivity index (χ1n) is 7.11. The van der Waals surface area contributed by atoms with Crippen LogP contribution in [0.4, 0.5) is 5.69 Å². The van der Waals surface area contributed by atoms with Gasteiger partial charge in [0.25, 0.3) is 0 Å². The van der Waals surface area contributed by atoms with E-state index in [1.165, 1.54) is 11.3 Å². The van der Waals surface area contributed by atoms with Crippen molar-refractivity contribution in [1.29, 1.82) is 0 Å². The lowest BCUT2D eigenvalue weighted by molar-refractivity contribution is -0.188. The van der Waals surface area contributed by atoms with Crippen LogP contribution in [0.3, 0.4) is 0 Å². The molecule has 1 aromatic rings. The normalized spacial score (nSPS) is 45.2. The first kappa shape index (κ1) is 10.3. The van der Waals surface area contributed by atoms with Gasteiger partial charge in [-0.1, -0.05) is 18.2 Å². The highest BCUT2D eigenvalue weighted by Crippen LogP contribution is 2.63. The second-order valence-electron chi connectivity index (χ2n) is 6.18. The van der Waals surface area contributed by atoms with Crippen LogP contribution in [0.15, 0.2) is 24.3 Å². The van der Waals surface area contributed by atoms with E-state index >= 15 is 0 Å². The summed E-state index contributed by atoms with van der Waals surface area (Å²) in [7, 11) is 0. The lowest BCUT2D eigenvalue weighted by Crippen LogP contribution is -2.73. The Labute approximate surface area is 111 Å². The predicted octanol–water partition coefficient (Wildman–Crippen LogP) is 1.37. The highest BCUT2D eigenvalue weighted by molar-refractivity contribution is 5.82. The molecule has 0 radical (unpaired) electrons. The number of para-hydroxylation sites is 1. The van der Waals surface area contributed by atoms with Crippen LogP contribution in [0.25, 0.3) is 0 Å². The molecule has 19 heavy (non-hydrogen) atoms. The Hall–Kier alpha value is -1.55. The maximum atomic E-state index is 12.3. The quantitative estimate of drug-likeness (QED) is 0.688. The number of anilines is 1. The van der Waals surface area contributed by atoms with Gasteiger partial charge in [0.2, 0.25) is 0 Å². The molecule has 2 unspecified atom stereocenters. The van der Waals surface area contributed by atoms with E-state index in [0.717, 1.165) is 25.8 Å². The second kappa shape index (κ2) is 2.96. The van der Waals surface area contributed by atoms with Crippen LogP contribution in [0.2, 0.25) is 0 Å². The minimum atomic E-state index is -0.256. The summed E-state index contributed by atoms with van der Waals surface area (Å²) in [5.74, 6) is 0.0118. The predicted molar refractivity (Wildman–Crippen MR) is 69.7 cm³/mol. The van der Waals surface area contributed by atoms with Crippen molar-refractivity contribution < 1.29 is 9.53 Å². The van der Waals surface area contributed by atoms with Crippen LogP contribution in [0.5, 0.6) is 0 Å². The summed E-state index contributed by atoms with van der Waals surface area (Å²) in [6.07, 6.45) is 2.91. The third kappa shape index (κ3) is 0.881. The molecular formula is C15H16N2O2. The molecule has 2 N–H and O–H groups in total. The molecule has 4 aliphatic heterocycles. The molecule has 1 saturated carbocycles. The van der Waals surface area contributed by atoms with Gasteiger partial charge in [0, 0.05) is 5.69 Å². The van der Waals surface area contributed by atoms with Crippen molar-refractivity contribution in [2.24, 2.45) is 5.92 Å². The van der Waals surface area contributed by atoms with Crippen LogP contribution < -0.4 is 10.6 Å². The van der Waals surface area contributed by atoms with Crippen molar-refractivity contribution in [2.75, 3.05) is 11.9 Å². The van der Waals surface area contributed by atoms with E-state index in [1.807, 2.05) is 0 Å². The zero-order valence-electron chi connectivity index (χ0n) is 10.6. The van der Waals surface area contributed by atoms with Gasteiger partial charge < -0.3 is 10.1 Å². The van der Waals surface area contributed by atoms with Crippen molar-refractivity contribution in [3.8, 4) is 0 Å². The number of nitrogens with one attached hydrogen (secondary N) is 2. The number of esters is 1. The Morgan fingerprint density at radius 1 is 1.26 bits per heavy atom. The fourth-order valence-corrected chi connectivity index (χ4v) is 5.10. The van der Waals surface area contributed by atoms with E-state index in [-0.39, 0.29) is 29.1 Å². The molecule has 0 spiro atoms. The summed E-state index contributed by atoms with van der Waals surface area (Å²) in [6.45, 7) is 0.949. The van der Waals surface area contributed by atoms with Crippen LogP contribution in [0.1, 0.15) is 24.8 Å². The van der Waals surface area contributed by atoms with Gasteiger partial charge in [-0.15, -0.1) is 0 Å². The zero-order chi connectivity index (χ0) is 12.7. The van der Waals surface area contributed by atoms with Gasteiger partial charge in [-0.25, -0.2) is 0 Å². The summed E-state index contributed by atoms with van der Waals surface area (Å²) < 4.78 is 5.67. The van der Waals surface area contributed by atoms with Gasteiger partial charge in [-0.3, -0.25) is 10.1 Å². The summed E-state index contributed by atoms with van der Waals surface area (Å²) >= 11 is 0. The molecule has 4 atom stereocenters. The van der Waals surface area contributed by atoms with E-state index < -0.39 is 0 Å². The third-order valence-electron chi connectivity index (χ3n) is 5.70. The number of hydrogen-bond donors (Lipinski definition) is 2. The van der Waals surface area contributed by atoms with Gasteiger partial charge in [-0.2, -0.15) is 0 Å². The topological polar surface area (TPSA) is 50.4 Å². The average Bonchev–Trinajstić information content (AvgIpc) is 2.94. The Kier molecular flexibility index (Phi) is 1.60. The number of hydrogen-bond acceptors (Lipinski definition) is 4. The number of carbonyl (C=O) groups excluding carboxylic acids is 1. The number of carbonyl (C=O) groups is 1. The molecule has 1 aliphatic carbocycles. The average molecular weight is 256 g/mol. The monoisotopic (exact) mass is 256 g/mol. The molecule has 4 nitrogen and oxygen atoms in total.